The van der Waals surface area contributed by atoms with Crippen molar-refractivity contribution in [2.45, 2.75) is 51.5 Å². The van der Waals surface area contributed by atoms with Crippen molar-refractivity contribution in [2.75, 3.05) is 0 Å². The van der Waals surface area contributed by atoms with Crippen molar-refractivity contribution in [3.05, 3.63) is 34.3 Å². The molecule has 19 heavy (non-hydrogen) atoms. The molecular formula is C15H22ClN3. The number of benzene rings is 1. The zero-order valence-electron chi connectivity index (χ0n) is 11.5. The van der Waals surface area contributed by atoms with E-state index in [1.807, 2.05) is 25.1 Å². The van der Waals surface area contributed by atoms with Gasteiger partial charge in [0.25, 0.3) is 0 Å². The lowest BCUT2D eigenvalue weighted by Gasteiger charge is -2.13. The van der Waals surface area contributed by atoms with Gasteiger partial charge >= 0.3 is 0 Å². The topological polar surface area (TPSA) is 50.4 Å². The molecule has 0 bridgehead atoms. The molecule has 4 heteroatoms. The Kier molecular flexibility index (Phi) is 5.23. The van der Waals surface area contributed by atoms with Crippen LogP contribution in [0.1, 0.15) is 49.7 Å². The highest BCUT2D eigenvalue weighted by Crippen LogP contribution is 2.21. The van der Waals surface area contributed by atoms with Crippen molar-refractivity contribution in [1.82, 2.24) is 5.43 Å². The van der Waals surface area contributed by atoms with E-state index < -0.39 is 0 Å². The molecule has 3 nitrogen and oxygen atoms in total. The van der Waals surface area contributed by atoms with Crippen LogP contribution in [0.5, 0.6) is 0 Å². The van der Waals surface area contributed by atoms with E-state index in [0.29, 0.717) is 6.04 Å². The number of aliphatic imine (C=N–C) groups is 1. The summed E-state index contributed by atoms with van der Waals surface area (Å²) < 4.78 is 0. The van der Waals surface area contributed by atoms with Crippen molar-refractivity contribution in [3.8, 4) is 0 Å². The Morgan fingerprint density at radius 1 is 1.26 bits per heavy atom. The number of amidine groups is 1. The predicted molar refractivity (Wildman–Crippen MR) is 81.5 cm³/mol. The number of nitrogens with one attached hydrogen (secondary N) is 1. The fourth-order valence-corrected chi connectivity index (χ4v) is 2.67. The number of aryl methyl sites for hydroxylation is 1. The fourth-order valence-electron chi connectivity index (χ4n) is 2.56. The molecule has 0 amide bonds. The molecule has 0 aliphatic heterocycles. The number of hydrazine groups is 1. The summed E-state index contributed by atoms with van der Waals surface area (Å²) in [6, 6.07) is 6.28. The molecule has 0 spiro atoms. The predicted octanol–water partition coefficient (Wildman–Crippen LogP) is 3.58. The lowest BCUT2D eigenvalue weighted by molar-refractivity contribution is 0.583. The lowest BCUT2D eigenvalue weighted by Crippen LogP contribution is -2.32. The maximum atomic E-state index is 6.05. The van der Waals surface area contributed by atoms with E-state index in [9.17, 15) is 0 Å². The number of halogens is 1. The van der Waals surface area contributed by atoms with Gasteiger partial charge in [-0.3, -0.25) is 4.99 Å². The zero-order valence-corrected chi connectivity index (χ0v) is 12.2. The Morgan fingerprint density at radius 3 is 2.53 bits per heavy atom. The molecule has 3 N–H and O–H groups in total. The Morgan fingerprint density at radius 2 is 1.95 bits per heavy atom. The number of nitrogens with two attached hydrogens (primary N) is 1. The van der Waals surface area contributed by atoms with Crippen LogP contribution < -0.4 is 11.3 Å². The van der Waals surface area contributed by atoms with Gasteiger partial charge in [-0.1, -0.05) is 37.3 Å². The second kappa shape index (κ2) is 6.92. The Bertz CT molecular complexity index is 449. The summed E-state index contributed by atoms with van der Waals surface area (Å²) in [7, 11) is 0. The molecule has 0 atom stereocenters. The van der Waals surface area contributed by atoms with Crippen LogP contribution in [0.3, 0.4) is 0 Å². The highest BCUT2D eigenvalue weighted by molar-refractivity contribution is 6.31. The van der Waals surface area contributed by atoms with E-state index in [2.05, 4.69) is 5.43 Å². The first-order valence-corrected chi connectivity index (χ1v) is 7.39. The van der Waals surface area contributed by atoms with Gasteiger partial charge in [0, 0.05) is 10.6 Å². The average molecular weight is 280 g/mol. The third-order valence-corrected chi connectivity index (χ3v) is 4.13. The van der Waals surface area contributed by atoms with E-state index in [0.717, 1.165) is 34.8 Å². The van der Waals surface area contributed by atoms with Gasteiger partial charge < -0.3 is 5.43 Å². The minimum Gasteiger partial charge on any atom is -0.308 e. The standard InChI is InChI=1S/C15H22ClN3/c1-11-10-12(8-9-14(11)16)15(19-17)18-13-6-4-2-3-5-7-13/h8-10,13H,2-7,17H2,1H3,(H,18,19). The van der Waals surface area contributed by atoms with E-state index >= 15 is 0 Å². The quantitative estimate of drug-likeness (QED) is 0.286. The van der Waals surface area contributed by atoms with Gasteiger partial charge in [-0.15, -0.1) is 0 Å². The van der Waals surface area contributed by atoms with E-state index in [1.54, 1.807) is 0 Å². The molecule has 0 aromatic heterocycles. The van der Waals surface area contributed by atoms with Crippen LogP contribution in [0.4, 0.5) is 0 Å². The highest BCUT2D eigenvalue weighted by atomic mass is 35.5. The summed E-state index contributed by atoms with van der Waals surface area (Å²) in [6.45, 7) is 1.99. The Hall–Kier alpha value is -1.06. The second-order valence-corrected chi connectivity index (χ2v) is 5.64. The van der Waals surface area contributed by atoms with Gasteiger partial charge in [0.1, 0.15) is 5.84 Å². The number of rotatable bonds is 2. The first-order chi connectivity index (χ1) is 9.20. The Labute approximate surface area is 120 Å². The molecule has 0 heterocycles. The largest absolute Gasteiger partial charge is 0.308 e. The maximum absolute atomic E-state index is 6.05. The number of hydrogen-bond acceptors (Lipinski definition) is 2. The molecule has 104 valence electrons. The summed E-state index contributed by atoms with van der Waals surface area (Å²) in [6.07, 6.45) is 7.53. The molecular weight excluding hydrogens is 258 g/mol. The summed E-state index contributed by atoms with van der Waals surface area (Å²) in [4.78, 5) is 4.79. The van der Waals surface area contributed by atoms with Gasteiger partial charge in [-0.25, -0.2) is 5.84 Å². The molecule has 1 aromatic rings. The van der Waals surface area contributed by atoms with Crippen molar-refractivity contribution >= 4 is 17.4 Å². The van der Waals surface area contributed by atoms with Crippen molar-refractivity contribution in [3.63, 3.8) is 0 Å². The van der Waals surface area contributed by atoms with Crippen molar-refractivity contribution in [2.24, 2.45) is 10.8 Å². The first-order valence-electron chi connectivity index (χ1n) is 7.01. The second-order valence-electron chi connectivity index (χ2n) is 5.23. The summed E-state index contributed by atoms with van der Waals surface area (Å²) in [5, 5.41) is 0.773. The van der Waals surface area contributed by atoms with E-state index in [-0.39, 0.29) is 0 Å². The van der Waals surface area contributed by atoms with Crippen LogP contribution in [-0.4, -0.2) is 11.9 Å². The SMILES string of the molecule is Cc1cc(C(=NC2CCCCCC2)NN)ccc1Cl. The zero-order chi connectivity index (χ0) is 13.7. The van der Waals surface area contributed by atoms with Crippen molar-refractivity contribution < 1.29 is 0 Å². The van der Waals surface area contributed by atoms with Crippen LogP contribution in [0.15, 0.2) is 23.2 Å². The number of nitrogens with zero attached hydrogens (tertiary/aromatic N) is 1. The molecule has 1 aliphatic carbocycles. The van der Waals surface area contributed by atoms with Crippen LogP contribution >= 0.6 is 11.6 Å². The third-order valence-electron chi connectivity index (χ3n) is 3.70. The van der Waals surface area contributed by atoms with Gasteiger partial charge in [-0.05, 0) is 43.5 Å². The van der Waals surface area contributed by atoms with E-state index in [4.69, 9.17) is 22.4 Å². The molecule has 2 rings (SSSR count). The fraction of sp³-hybridized carbons (Fsp3) is 0.533. The average Bonchev–Trinajstić information content (AvgIpc) is 2.68. The minimum absolute atomic E-state index is 0.393. The van der Waals surface area contributed by atoms with Crippen LogP contribution in [0, 0.1) is 6.92 Å². The minimum atomic E-state index is 0.393. The van der Waals surface area contributed by atoms with Gasteiger partial charge in [0.2, 0.25) is 0 Å². The van der Waals surface area contributed by atoms with Crippen molar-refractivity contribution in [1.29, 1.82) is 0 Å². The van der Waals surface area contributed by atoms with Gasteiger partial charge in [-0.2, -0.15) is 0 Å². The summed E-state index contributed by atoms with van der Waals surface area (Å²) >= 11 is 6.05. The normalized spacial score (nSPS) is 18.2. The van der Waals surface area contributed by atoms with Crippen LogP contribution in [0.25, 0.3) is 0 Å². The monoisotopic (exact) mass is 279 g/mol. The molecule has 0 radical (unpaired) electrons. The van der Waals surface area contributed by atoms with Gasteiger partial charge in [0.05, 0.1) is 6.04 Å². The molecule has 1 aromatic carbocycles. The highest BCUT2D eigenvalue weighted by Gasteiger charge is 2.13. The summed E-state index contributed by atoms with van der Waals surface area (Å²) in [5.74, 6) is 6.41. The molecule has 1 fully saturated rings. The van der Waals surface area contributed by atoms with Crippen LogP contribution in [0.2, 0.25) is 5.02 Å². The molecule has 1 saturated carbocycles. The smallest absolute Gasteiger partial charge is 0.142 e. The first kappa shape index (κ1) is 14.4. The third kappa shape index (κ3) is 3.95. The van der Waals surface area contributed by atoms with Gasteiger partial charge in [0.15, 0.2) is 0 Å². The Balaban J connectivity index is 2.19. The van der Waals surface area contributed by atoms with Crippen LogP contribution in [-0.2, 0) is 0 Å². The van der Waals surface area contributed by atoms with E-state index in [1.165, 1.54) is 25.7 Å². The lowest BCUT2D eigenvalue weighted by atomic mass is 10.1. The summed E-state index contributed by atoms with van der Waals surface area (Å²) in [5.41, 5.74) is 4.79. The molecule has 1 aliphatic rings. The molecule has 0 saturated heterocycles. The number of hydrogen-bond donors (Lipinski definition) is 2. The molecule has 0 unspecified atom stereocenters. The maximum Gasteiger partial charge on any atom is 0.142 e.